The SMILES string of the molecule is CCN(CC)c1ccc(C[N+](=O)[O-])c(OC)c1. The molecule has 0 aromatic heterocycles. The second-order valence-corrected chi connectivity index (χ2v) is 3.66. The van der Waals surface area contributed by atoms with Gasteiger partial charge in [-0.15, -0.1) is 0 Å². The van der Waals surface area contributed by atoms with Crippen LogP contribution in [0.4, 0.5) is 5.69 Å². The van der Waals surface area contributed by atoms with Gasteiger partial charge in [-0.3, -0.25) is 10.1 Å². The van der Waals surface area contributed by atoms with Gasteiger partial charge in [-0.05, 0) is 26.0 Å². The van der Waals surface area contributed by atoms with E-state index in [2.05, 4.69) is 18.7 Å². The van der Waals surface area contributed by atoms with Crippen LogP contribution in [-0.4, -0.2) is 25.1 Å². The van der Waals surface area contributed by atoms with Crippen molar-refractivity contribution in [2.45, 2.75) is 20.4 Å². The Morgan fingerprint density at radius 1 is 1.35 bits per heavy atom. The Morgan fingerprint density at radius 3 is 2.47 bits per heavy atom. The molecule has 17 heavy (non-hydrogen) atoms. The molecule has 0 aliphatic heterocycles. The third-order valence-corrected chi connectivity index (χ3v) is 2.70. The summed E-state index contributed by atoms with van der Waals surface area (Å²) >= 11 is 0. The summed E-state index contributed by atoms with van der Waals surface area (Å²) in [6.07, 6.45) is 0. The number of nitro groups is 1. The number of hydrogen-bond donors (Lipinski definition) is 0. The Labute approximate surface area is 101 Å². The molecule has 0 N–H and O–H groups in total. The minimum absolute atomic E-state index is 0.207. The number of benzene rings is 1. The van der Waals surface area contributed by atoms with E-state index in [1.54, 1.807) is 6.07 Å². The molecule has 0 saturated carbocycles. The van der Waals surface area contributed by atoms with Crippen LogP contribution in [-0.2, 0) is 6.54 Å². The van der Waals surface area contributed by atoms with E-state index in [1.165, 1.54) is 7.11 Å². The summed E-state index contributed by atoms with van der Waals surface area (Å²) in [5.74, 6) is 0.575. The van der Waals surface area contributed by atoms with Crippen LogP contribution >= 0.6 is 0 Å². The predicted octanol–water partition coefficient (Wildman–Crippen LogP) is 2.32. The van der Waals surface area contributed by atoms with Crippen LogP contribution in [0.25, 0.3) is 0 Å². The molecule has 1 rings (SSSR count). The zero-order valence-corrected chi connectivity index (χ0v) is 10.5. The summed E-state index contributed by atoms with van der Waals surface area (Å²) < 4.78 is 5.19. The summed E-state index contributed by atoms with van der Waals surface area (Å²) in [6, 6.07) is 5.51. The van der Waals surface area contributed by atoms with Gasteiger partial charge in [0.05, 0.1) is 12.7 Å². The standard InChI is InChI=1S/C12H18N2O3/c1-4-13(5-2)11-7-6-10(9-14(15)16)12(8-11)17-3/h6-8H,4-5,9H2,1-3H3. The highest BCUT2D eigenvalue weighted by Crippen LogP contribution is 2.26. The molecular formula is C12H18N2O3. The lowest BCUT2D eigenvalue weighted by atomic mass is 10.1. The zero-order valence-electron chi connectivity index (χ0n) is 10.5. The maximum Gasteiger partial charge on any atom is 0.232 e. The molecule has 0 fully saturated rings. The van der Waals surface area contributed by atoms with Gasteiger partial charge in [-0.25, -0.2) is 0 Å². The molecule has 0 saturated heterocycles. The highest BCUT2D eigenvalue weighted by molar-refractivity contribution is 5.53. The Kier molecular flexibility index (Phi) is 4.75. The Hall–Kier alpha value is -1.78. The Balaban J connectivity index is 3.03. The van der Waals surface area contributed by atoms with Gasteiger partial charge in [-0.2, -0.15) is 0 Å². The van der Waals surface area contributed by atoms with Crippen LogP contribution in [0.2, 0.25) is 0 Å². The lowest BCUT2D eigenvalue weighted by Crippen LogP contribution is -2.21. The minimum Gasteiger partial charge on any atom is -0.496 e. The van der Waals surface area contributed by atoms with Crippen molar-refractivity contribution in [1.29, 1.82) is 0 Å². The summed E-state index contributed by atoms with van der Waals surface area (Å²) in [6.45, 7) is 5.73. The van der Waals surface area contributed by atoms with Crippen LogP contribution < -0.4 is 9.64 Å². The number of hydrogen-bond acceptors (Lipinski definition) is 4. The van der Waals surface area contributed by atoms with Crippen molar-refractivity contribution in [2.75, 3.05) is 25.1 Å². The van der Waals surface area contributed by atoms with E-state index in [4.69, 9.17) is 4.74 Å². The molecule has 0 atom stereocenters. The molecule has 0 aliphatic rings. The van der Waals surface area contributed by atoms with Crippen molar-refractivity contribution in [3.8, 4) is 5.75 Å². The van der Waals surface area contributed by atoms with Crippen molar-refractivity contribution < 1.29 is 9.66 Å². The van der Waals surface area contributed by atoms with Crippen molar-refractivity contribution in [3.05, 3.63) is 33.9 Å². The highest BCUT2D eigenvalue weighted by Gasteiger charge is 2.11. The third-order valence-electron chi connectivity index (χ3n) is 2.70. The lowest BCUT2D eigenvalue weighted by molar-refractivity contribution is -0.496. The van der Waals surface area contributed by atoms with Crippen LogP contribution in [0, 0.1) is 10.1 Å². The van der Waals surface area contributed by atoms with Crippen molar-refractivity contribution in [2.24, 2.45) is 0 Å². The van der Waals surface area contributed by atoms with E-state index in [9.17, 15) is 10.1 Å². The first-order chi connectivity index (χ1) is 8.12. The van der Waals surface area contributed by atoms with Crippen molar-refractivity contribution in [3.63, 3.8) is 0 Å². The molecule has 0 heterocycles. The average molecular weight is 238 g/mol. The molecule has 94 valence electrons. The molecule has 1 aromatic carbocycles. The second kappa shape index (κ2) is 6.08. The monoisotopic (exact) mass is 238 g/mol. The maximum atomic E-state index is 10.5. The molecule has 0 bridgehead atoms. The lowest BCUT2D eigenvalue weighted by Gasteiger charge is -2.22. The summed E-state index contributed by atoms with van der Waals surface area (Å²) in [4.78, 5) is 12.3. The highest BCUT2D eigenvalue weighted by atomic mass is 16.6. The van der Waals surface area contributed by atoms with Gasteiger partial charge in [0.2, 0.25) is 6.54 Å². The van der Waals surface area contributed by atoms with Crippen LogP contribution in [0.3, 0.4) is 0 Å². The number of rotatable bonds is 6. The summed E-state index contributed by atoms with van der Waals surface area (Å²) in [5, 5.41) is 10.5. The van der Waals surface area contributed by atoms with Crippen LogP contribution in [0.15, 0.2) is 18.2 Å². The quantitative estimate of drug-likeness (QED) is 0.563. The molecule has 0 radical (unpaired) electrons. The van der Waals surface area contributed by atoms with Crippen LogP contribution in [0.5, 0.6) is 5.75 Å². The third kappa shape index (κ3) is 3.34. The van der Waals surface area contributed by atoms with Gasteiger partial charge in [0.25, 0.3) is 0 Å². The van der Waals surface area contributed by atoms with E-state index in [0.717, 1.165) is 18.8 Å². The fourth-order valence-electron chi connectivity index (χ4n) is 1.79. The normalized spacial score (nSPS) is 10.1. The number of methoxy groups -OCH3 is 1. The van der Waals surface area contributed by atoms with Gasteiger partial charge >= 0.3 is 0 Å². The Morgan fingerprint density at radius 2 is 2.00 bits per heavy atom. The number of nitrogens with zero attached hydrogens (tertiary/aromatic N) is 2. The second-order valence-electron chi connectivity index (χ2n) is 3.66. The molecule has 0 unspecified atom stereocenters. The van der Waals surface area contributed by atoms with Crippen molar-refractivity contribution >= 4 is 5.69 Å². The fraction of sp³-hybridized carbons (Fsp3) is 0.500. The first-order valence-electron chi connectivity index (χ1n) is 5.66. The largest absolute Gasteiger partial charge is 0.496 e. The van der Waals surface area contributed by atoms with E-state index in [-0.39, 0.29) is 11.5 Å². The molecule has 0 amide bonds. The molecule has 5 heteroatoms. The Bertz CT molecular complexity index is 389. The van der Waals surface area contributed by atoms with Gasteiger partial charge in [0.15, 0.2) is 0 Å². The van der Waals surface area contributed by atoms with E-state index in [0.29, 0.717) is 11.3 Å². The topological polar surface area (TPSA) is 55.6 Å². The van der Waals surface area contributed by atoms with Gasteiger partial charge in [0.1, 0.15) is 5.75 Å². The van der Waals surface area contributed by atoms with Crippen molar-refractivity contribution in [1.82, 2.24) is 0 Å². The van der Waals surface area contributed by atoms with Crippen LogP contribution in [0.1, 0.15) is 19.4 Å². The van der Waals surface area contributed by atoms with Gasteiger partial charge < -0.3 is 9.64 Å². The smallest absolute Gasteiger partial charge is 0.232 e. The first-order valence-corrected chi connectivity index (χ1v) is 5.66. The predicted molar refractivity (Wildman–Crippen MR) is 67.3 cm³/mol. The maximum absolute atomic E-state index is 10.5. The number of anilines is 1. The molecule has 1 aromatic rings. The fourth-order valence-corrected chi connectivity index (χ4v) is 1.79. The molecule has 0 aliphatic carbocycles. The zero-order chi connectivity index (χ0) is 12.8. The molecular weight excluding hydrogens is 220 g/mol. The first kappa shape index (κ1) is 13.3. The average Bonchev–Trinajstić information content (AvgIpc) is 2.31. The minimum atomic E-state index is -0.352. The van der Waals surface area contributed by atoms with E-state index in [1.807, 2.05) is 12.1 Å². The van der Waals surface area contributed by atoms with E-state index >= 15 is 0 Å². The summed E-state index contributed by atoms with van der Waals surface area (Å²) in [7, 11) is 1.53. The molecule has 5 nitrogen and oxygen atoms in total. The summed E-state index contributed by atoms with van der Waals surface area (Å²) in [5.41, 5.74) is 1.63. The molecule has 0 spiro atoms. The number of ether oxygens (including phenoxy) is 1. The van der Waals surface area contributed by atoms with Gasteiger partial charge in [-0.1, -0.05) is 0 Å². The van der Waals surface area contributed by atoms with E-state index < -0.39 is 0 Å². The van der Waals surface area contributed by atoms with Gasteiger partial charge in [0, 0.05) is 29.8 Å².